The Kier molecular flexibility index (Phi) is 7.31. The number of aryl methyl sites for hydroxylation is 1. The number of carboxylic acids is 1. The average molecular weight is 687 g/mol. The highest BCUT2D eigenvalue weighted by Gasteiger charge is 2.70. The van der Waals surface area contributed by atoms with Gasteiger partial charge in [-0.25, -0.2) is 9.69 Å². The largest absolute Gasteiger partial charge is 0.508 e. The van der Waals surface area contributed by atoms with E-state index in [4.69, 9.17) is 11.6 Å². The predicted octanol–water partition coefficient (Wildman–Crippen LogP) is 6.42. The zero-order chi connectivity index (χ0) is 35.1. The van der Waals surface area contributed by atoms with Gasteiger partial charge in [0.2, 0.25) is 23.6 Å². The maximum Gasteiger partial charge on any atom is 0.335 e. The molecule has 2 heterocycles. The molecule has 50 heavy (non-hydrogen) atoms. The molecule has 0 aromatic heterocycles. The van der Waals surface area contributed by atoms with Crippen LogP contribution in [0, 0.1) is 30.6 Å². The molecule has 2 aliphatic heterocycles. The lowest BCUT2D eigenvalue weighted by atomic mass is 9.49. The molecule has 3 fully saturated rings. The van der Waals surface area contributed by atoms with Gasteiger partial charge in [0.15, 0.2) is 0 Å². The van der Waals surface area contributed by atoms with Gasteiger partial charge in [-0.15, -0.1) is 0 Å². The number of rotatable bonds is 5. The van der Waals surface area contributed by atoms with Gasteiger partial charge >= 0.3 is 5.97 Å². The molecular weight excluding hydrogens is 656 g/mol. The lowest BCUT2D eigenvalue weighted by molar-refractivity contribution is -0.127. The van der Waals surface area contributed by atoms with Crippen molar-refractivity contribution in [3.05, 3.63) is 136 Å². The van der Waals surface area contributed by atoms with Gasteiger partial charge < -0.3 is 10.2 Å². The Morgan fingerprint density at radius 2 is 1.52 bits per heavy atom. The van der Waals surface area contributed by atoms with Crippen LogP contribution < -0.4 is 9.80 Å². The van der Waals surface area contributed by atoms with Crippen molar-refractivity contribution in [1.82, 2.24) is 0 Å². The lowest BCUT2D eigenvalue weighted by Gasteiger charge is -2.50. The van der Waals surface area contributed by atoms with E-state index in [2.05, 4.69) is 0 Å². The summed E-state index contributed by atoms with van der Waals surface area (Å²) in [5.74, 6) is -6.66. The van der Waals surface area contributed by atoms with Gasteiger partial charge in [0.1, 0.15) is 5.75 Å². The van der Waals surface area contributed by atoms with Crippen molar-refractivity contribution in [2.75, 3.05) is 9.80 Å². The monoisotopic (exact) mass is 686 g/mol. The Hall–Kier alpha value is -5.54. The van der Waals surface area contributed by atoms with Crippen molar-refractivity contribution in [3.63, 3.8) is 0 Å². The number of aromatic carboxylic acids is 1. The Bertz CT molecular complexity index is 2180. The van der Waals surface area contributed by atoms with Crippen LogP contribution in [-0.2, 0) is 24.6 Å². The number of carbonyl (C=O) groups excluding carboxylic acids is 4. The fourth-order valence-electron chi connectivity index (χ4n) is 9.01. The number of carboxylic acid groups (broad SMARTS) is 1. The molecule has 9 nitrogen and oxygen atoms in total. The standard InChI is InChI=1S/C40H31ClN2O7/c1-21-17-22(13-16-32(21)44)34-28-14-15-29-33(37(47)42(35(29)45)26-11-5-7-23(18-26)38(48)49)30(28)20-31-36(46)43(27-12-6-10-25(41)19-27)39(50)40(31,34)24-8-3-2-4-9-24/h2-14,16-19,29-31,33-34,44H,15,20H2,1H3,(H,48,49). The zero-order valence-corrected chi connectivity index (χ0v) is 27.6. The molecule has 4 aromatic carbocycles. The number of amides is 4. The van der Waals surface area contributed by atoms with E-state index < -0.39 is 64.6 Å². The Balaban J connectivity index is 1.34. The first-order chi connectivity index (χ1) is 24.0. The van der Waals surface area contributed by atoms with E-state index in [1.54, 1.807) is 49.4 Å². The summed E-state index contributed by atoms with van der Waals surface area (Å²) in [5.41, 5.74) is 1.74. The quantitative estimate of drug-likeness (QED) is 0.183. The molecule has 0 spiro atoms. The number of phenolic OH excluding ortho intramolecular Hbond substituents is 1. The highest BCUT2D eigenvalue weighted by Crippen LogP contribution is 2.64. The number of anilines is 2. The normalized spacial score (nSPS) is 27.2. The number of allylic oxidation sites excluding steroid dienone is 2. The van der Waals surface area contributed by atoms with Crippen LogP contribution in [0.3, 0.4) is 0 Å². The van der Waals surface area contributed by atoms with Crippen molar-refractivity contribution in [3.8, 4) is 5.75 Å². The lowest BCUT2D eigenvalue weighted by Crippen LogP contribution is -2.53. The van der Waals surface area contributed by atoms with Gasteiger partial charge in [0.25, 0.3) is 0 Å². The number of phenols is 1. The van der Waals surface area contributed by atoms with Gasteiger partial charge in [0, 0.05) is 10.9 Å². The van der Waals surface area contributed by atoms with Crippen LogP contribution in [0.25, 0.3) is 0 Å². The summed E-state index contributed by atoms with van der Waals surface area (Å²) in [4.78, 5) is 72.6. The maximum atomic E-state index is 15.3. The molecule has 2 aliphatic carbocycles. The summed E-state index contributed by atoms with van der Waals surface area (Å²) in [6, 6.07) is 26.7. The molecular formula is C40H31ClN2O7. The topological polar surface area (TPSA) is 132 Å². The summed E-state index contributed by atoms with van der Waals surface area (Å²) in [6.07, 6.45) is 2.31. The van der Waals surface area contributed by atoms with Gasteiger partial charge in [-0.1, -0.05) is 77.8 Å². The second-order valence-electron chi connectivity index (χ2n) is 13.5. The van der Waals surface area contributed by atoms with Gasteiger partial charge in [0.05, 0.1) is 40.1 Å². The van der Waals surface area contributed by atoms with E-state index in [0.29, 0.717) is 27.4 Å². The van der Waals surface area contributed by atoms with Crippen molar-refractivity contribution in [2.24, 2.45) is 23.7 Å². The molecule has 2 saturated heterocycles. The molecule has 0 radical (unpaired) electrons. The highest BCUT2D eigenvalue weighted by atomic mass is 35.5. The smallest absolute Gasteiger partial charge is 0.335 e. The molecule has 4 amide bonds. The minimum atomic E-state index is -1.43. The minimum absolute atomic E-state index is 0.0546. The number of aromatic hydroxyl groups is 1. The average Bonchev–Trinajstić information content (AvgIpc) is 3.50. The van der Waals surface area contributed by atoms with E-state index in [9.17, 15) is 29.4 Å². The molecule has 6 atom stereocenters. The number of imide groups is 2. The van der Waals surface area contributed by atoms with Crippen LogP contribution in [0.2, 0.25) is 5.02 Å². The second kappa shape index (κ2) is 11.5. The van der Waals surface area contributed by atoms with Crippen LogP contribution in [0.15, 0.2) is 109 Å². The summed E-state index contributed by atoms with van der Waals surface area (Å²) in [7, 11) is 0. The molecule has 4 aliphatic rings. The zero-order valence-electron chi connectivity index (χ0n) is 26.8. The third-order valence-corrected chi connectivity index (χ3v) is 11.3. The number of fused-ring (bicyclic) bond motifs is 4. The third-order valence-electron chi connectivity index (χ3n) is 11.1. The van der Waals surface area contributed by atoms with Crippen LogP contribution in [0.1, 0.15) is 45.8 Å². The first kappa shape index (κ1) is 31.7. The molecule has 8 rings (SSSR count). The number of nitrogens with zero attached hydrogens (tertiary/aromatic N) is 2. The minimum Gasteiger partial charge on any atom is -0.508 e. The van der Waals surface area contributed by atoms with Crippen LogP contribution in [0.4, 0.5) is 11.4 Å². The van der Waals surface area contributed by atoms with Gasteiger partial charge in [-0.2, -0.15) is 0 Å². The molecule has 1 saturated carbocycles. The first-order valence-electron chi connectivity index (χ1n) is 16.4. The fraction of sp³-hybridized carbons (Fsp3) is 0.225. The predicted molar refractivity (Wildman–Crippen MR) is 185 cm³/mol. The first-order valence-corrected chi connectivity index (χ1v) is 16.8. The van der Waals surface area contributed by atoms with Crippen LogP contribution in [-0.4, -0.2) is 39.8 Å². The second-order valence-corrected chi connectivity index (χ2v) is 13.9. The van der Waals surface area contributed by atoms with E-state index in [1.165, 1.54) is 23.1 Å². The summed E-state index contributed by atoms with van der Waals surface area (Å²) in [5, 5.41) is 20.5. The Morgan fingerprint density at radius 3 is 2.22 bits per heavy atom. The Morgan fingerprint density at radius 1 is 0.800 bits per heavy atom. The van der Waals surface area contributed by atoms with Gasteiger partial charge in [-0.3, -0.25) is 24.1 Å². The van der Waals surface area contributed by atoms with Crippen molar-refractivity contribution >= 4 is 52.6 Å². The van der Waals surface area contributed by atoms with Crippen molar-refractivity contribution < 1.29 is 34.2 Å². The van der Waals surface area contributed by atoms with Crippen molar-refractivity contribution in [1.29, 1.82) is 0 Å². The van der Waals surface area contributed by atoms with Crippen LogP contribution >= 0.6 is 11.6 Å². The number of hydrogen-bond acceptors (Lipinski definition) is 6. The summed E-state index contributed by atoms with van der Waals surface area (Å²) in [6.45, 7) is 1.76. The number of carbonyl (C=O) groups is 5. The van der Waals surface area contributed by atoms with E-state index in [1.807, 2.05) is 42.5 Å². The maximum absolute atomic E-state index is 15.3. The molecule has 250 valence electrons. The molecule has 6 unspecified atom stereocenters. The fourth-order valence-corrected chi connectivity index (χ4v) is 9.19. The third kappa shape index (κ3) is 4.42. The molecule has 4 aromatic rings. The van der Waals surface area contributed by atoms with E-state index >= 15 is 4.79 Å². The SMILES string of the molecule is Cc1cc(C2C3=CCC4C(=O)N(c5cccc(C(=O)O)c5)C(=O)C4C3CC3C(=O)N(c4cccc(Cl)c4)C(=O)C32c2ccccc2)ccc1O. The Labute approximate surface area is 292 Å². The van der Waals surface area contributed by atoms with Gasteiger partial charge in [-0.05, 0) is 84.8 Å². The van der Waals surface area contributed by atoms with Crippen LogP contribution in [0.5, 0.6) is 5.75 Å². The molecule has 10 heteroatoms. The number of benzene rings is 4. The molecule has 0 bridgehead atoms. The van der Waals surface area contributed by atoms with E-state index in [-0.39, 0.29) is 29.8 Å². The van der Waals surface area contributed by atoms with E-state index in [0.717, 1.165) is 10.5 Å². The molecule has 2 N–H and O–H groups in total. The number of hydrogen-bond donors (Lipinski definition) is 2. The summed E-state index contributed by atoms with van der Waals surface area (Å²) < 4.78 is 0. The number of halogens is 1. The summed E-state index contributed by atoms with van der Waals surface area (Å²) >= 11 is 6.37. The highest BCUT2D eigenvalue weighted by molar-refractivity contribution is 6.32. The van der Waals surface area contributed by atoms with Crippen molar-refractivity contribution in [2.45, 2.75) is 31.1 Å².